The standard InChI is InChI=1S/C13H16BrNO3/c1-9-8-15(5-6-18-9)13(16)11-4-3-10(14)7-12(11)17-2/h3-4,7,9H,5-6,8H2,1-2H3. The van der Waals surface area contributed by atoms with E-state index in [-0.39, 0.29) is 12.0 Å². The number of morpholine rings is 1. The van der Waals surface area contributed by atoms with Crippen LogP contribution in [0.4, 0.5) is 0 Å². The lowest BCUT2D eigenvalue weighted by Crippen LogP contribution is -2.44. The summed E-state index contributed by atoms with van der Waals surface area (Å²) < 4.78 is 11.6. The van der Waals surface area contributed by atoms with Gasteiger partial charge in [0.25, 0.3) is 5.91 Å². The van der Waals surface area contributed by atoms with Crippen LogP contribution >= 0.6 is 15.9 Å². The van der Waals surface area contributed by atoms with Crippen LogP contribution in [0.25, 0.3) is 0 Å². The fraction of sp³-hybridized carbons (Fsp3) is 0.462. The van der Waals surface area contributed by atoms with Crippen molar-refractivity contribution in [2.24, 2.45) is 0 Å². The highest BCUT2D eigenvalue weighted by atomic mass is 79.9. The lowest BCUT2D eigenvalue weighted by molar-refractivity contribution is -0.0125. The van der Waals surface area contributed by atoms with Gasteiger partial charge < -0.3 is 14.4 Å². The zero-order valence-electron chi connectivity index (χ0n) is 10.5. The Morgan fingerprint density at radius 1 is 1.56 bits per heavy atom. The van der Waals surface area contributed by atoms with Crippen molar-refractivity contribution in [3.63, 3.8) is 0 Å². The second kappa shape index (κ2) is 5.71. The number of halogens is 1. The fourth-order valence-electron chi connectivity index (χ4n) is 2.01. The van der Waals surface area contributed by atoms with Crippen LogP contribution in [-0.2, 0) is 4.74 Å². The lowest BCUT2D eigenvalue weighted by atomic mass is 10.1. The molecule has 0 saturated carbocycles. The predicted molar refractivity (Wildman–Crippen MR) is 72.0 cm³/mol. The van der Waals surface area contributed by atoms with Gasteiger partial charge in [0, 0.05) is 17.6 Å². The summed E-state index contributed by atoms with van der Waals surface area (Å²) in [7, 11) is 1.57. The predicted octanol–water partition coefficient (Wildman–Crippen LogP) is 2.32. The molecule has 4 nitrogen and oxygen atoms in total. The highest BCUT2D eigenvalue weighted by Gasteiger charge is 2.24. The van der Waals surface area contributed by atoms with Crippen molar-refractivity contribution >= 4 is 21.8 Å². The molecule has 1 aromatic rings. The second-order valence-electron chi connectivity index (χ2n) is 4.28. The molecule has 0 radical (unpaired) electrons. The van der Waals surface area contributed by atoms with Crippen LogP contribution in [0.1, 0.15) is 17.3 Å². The monoisotopic (exact) mass is 313 g/mol. The number of rotatable bonds is 2. The average Bonchev–Trinajstić information content (AvgIpc) is 2.37. The fourth-order valence-corrected chi connectivity index (χ4v) is 2.36. The van der Waals surface area contributed by atoms with E-state index < -0.39 is 0 Å². The Kier molecular flexibility index (Phi) is 4.24. The van der Waals surface area contributed by atoms with Gasteiger partial charge in [0.15, 0.2) is 0 Å². The zero-order chi connectivity index (χ0) is 13.1. The number of methoxy groups -OCH3 is 1. The Hall–Kier alpha value is -1.07. The van der Waals surface area contributed by atoms with Crippen molar-refractivity contribution < 1.29 is 14.3 Å². The minimum absolute atomic E-state index is 0.00509. The average molecular weight is 314 g/mol. The van der Waals surface area contributed by atoms with Crippen LogP contribution in [0.3, 0.4) is 0 Å². The summed E-state index contributed by atoms with van der Waals surface area (Å²) in [6, 6.07) is 5.43. The summed E-state index contributed by atoms with van der Waals surface area (Å²) in [5, 5.41) is 0. The molecule has 1 aliphatic rings. The Morgan fingerprint density at radius 3 is 3.00 bits per heavy atom. The lowest BCUT2D eigenvalue weighted by Gasteiger charge is -2.31. The van der Waals surface area contributed by atoms with Crippen LogP contribution < -0.4 is 4.74 Å². The summed E-state index contributed by atoms with van der Waals surface area (Å²) in [6.45, 7) is 3.81. The molecule has 0 N–H and O–H groups in total. The minimum Gasteiger partial charge on any atom is -0.496 e. The summed E-state index contributed by atoms with van der Waals surface area (Å²) in [5.74, 6) is 0.586. The third kappa shape index (κ3) is 2.84. The molecule has 1 fully saturated rings. The molecule has 1 aliphatic heterocycles. The number of ether oxygens (including phenoxy) is 2. The highest BCUT2D eigenvalue weighted by molar-refractivity contribution is 9.10. The molecule has 0 aliphatic carbocycles. The minimum atomic E-state index is -0.00509. The van der Waals surface area contributed by atoms with E-state index in [0.717, 1.165) is 4.47 Å². The Labute approximate surface area is 115 Å². The van der Waals surface area contributed by atoms with Crippen LogP contribution in [-0.4, -0.2) is 43.7 Å². The molecule has 0 spiro atoms. The summed E-state index contributed by atoms with van der Waals surface area (Å²) in [5.41, 5.74) is 0.592. The van der Waals surface area contributed by atoms with Crippen molar-refractivity contribution in [2.45, 2.75) is 13.0 Å². The van der Waals surface area contributed by atoms with Crippen molar-refractivity contribution in [2.75, 3.05) is 26.8 Å². The van der Waals surface area contributed by atoms with E-state index in [1.165, 1.54) is 0 Å². The van der Waals surface area contributed by atoms with E-state index in [2.05, 4.69) is 15.9 Å². The van der Waals surface area contributed by atoms with E-state index in [1.807, 2.05) is 13.0 Å². The maximum Gasteiger partial charge on any atom is 0.257 e. The van der Waals surface area contributed by atoms with Gasteiger partial charge in [0.1, 0.15) is 5.75 Å². The van der Waals surface area contributed by atoms with Gasteiger partial charge in [-0.05, 0) is 25.1 Å². The first-order valence-corrected chi connectivity index (χ1v) is 6.65. The molecule has 0 aromatic heterocycles. The molecule has 1 aromatic carbocycles. The molecule has 0 bridgehead atoms. The first-order chi connectivity index (χ1) is 8.61. The van der Waals surface area contributed by atoms with Crippen molar-refractivity contribution in [3.05, 3.63) is 28.2 Å². The summed E-state index contributed by atoms with van der Waals surface area (Å²) in [6.07, 6.45) is 0.0872. The Bertz CT molecular complexity index is 450. The van der Waals surface area contributed by atoms with E-state index in [9.17, 15) is 4.79 Å². The molecule has 98 valence electrons. The third-order valence-corrected chi connectivity index (χ3v) is 3.42. The molecular formula is C13H16BrNO3. The van der Waals surface area contributed by atoms with Gasteiger partial charge in [-0.25, -0.2) is 0 Å². The van der Waals surface area contributed by atoms with Gasteiger partial charge in [0.05, 0.1) is 25.4 Å². The molecule has 1 atom stereocenters. The molecule has 2 rings (SSSR count). The van der Waals surface area contributed by atoms with Gasteiger partial charge in [-0.1, -0.05) is 15.9 Å². The van der Waals surface area contributed by atoms with Crippen molar-refractivity contribution in [1.82, 2.24) is 4.90 Å². The number of benzene rings is 1. The molecule has 18 heavy (non-hydrogen) atoms. The van der Waals surface area contributed by atoms with Gasteiger partial charge in [-0.2, -0.15) is 0 Å². The zero-order valence-corrected chi connectivity index (χ0v) is 12.1. The van der Waals surface area contributed by atoms with Crippen LogP contribution in [0.2, 0.25) is 0 Å². The topological polar surface area (TPSA) is 38.8 Å². The number of hydrogen-bond acceptors (Lipinski definition) is 3. The van der Waals surface area contributed by atoms with Crippen LogP contribution in [0, 0.1) is 0 Å². The van der Waals surface area contributed by atoms with E-state index in [1.54, 1.807) is 24.1 Å². The SMILES string of the molecule is COc1cc(Br)ccc1C(=O)N1CCOC(C)C1. The first kappa shape index (κ1) is 13.4. The Morgan fingerprint density at radius 2 is 2.33 bits per heavy atom. The summed E-state index contributed by atoms with van der Waals surface area (Å²) in [4.78, 5) is 14.2. The van der Waals surface area contributed by atoms with Crippen molar-refractivity contribution in [1.29, 1.82) is 0 Å². The molecule has 1 heterocycles. The normalized spacial score (nSPS) is 19.7. The molecule has 5 heteroatoms. The number of nitrogens with zero attached hydrogens (tertiary/aromatic N) is 1. The number of amides is 1. The molecule has 1 saturated heterocycles. The third-order valence-electron chi connectivity index (χ3n) is 2.92. The largest absolute Gasteiger partial charge is 0.496 e. The second-order valence-corrected chi connectivity index (χ2v) is 5.19. The number of hydrogen-bond donors (Lipinski definition) is 0. The van der Waals surface area contributed by atoms with Crippen LogP contribution in [0.15, 0.2) is 22.7 Å². The smallest absolute Gasteiger partial charge is 0.257 e. The van der Waals surface area contributed by atoms with E-state index >= 15 is 0 Å². The number of carbonyl (C=O) groups excluding carboxylic acids is 1. The van der Waals surface area contributed by atoms with Crippen molar-refractivity contribution in [3.8, 4) is 5.75 Å². The maximum atomic E-state index is 12.4. The van der Waals surface area contributed by atoms with Gasteiger partial charge in [-0.3, -0.25) is 4.79 Å². The van der Waals surface area contributed by atoms with Gasteiger partial charge in [-0.15, -0.1) is 0 Å². The quantitative estimate of drug-likeness (QED) is 0.841. The number of carbonyl (C=O) groups is 1. The molecule has 1 amide bonds. The van der Waals surface area contributed by atoms with Crippen LogP contribution in [0.5, 0.6) is 5.75 Å². The highest BCUT2D eigenvalue weighted by Crippen LogP contribution is 2.25. The molecule has 1 unspecified atom stereocenters. The van der Waals surface area contributed by atoms with E-state index in [0.29, 0.717) is 31.0 Å². The van der Waals surface area contributed by atoms with Gasteiger partial charge in [0.2, 0.25) is 0 Å². The Balaban J connectivity index is 2.22. The van der Waals surface area contributed by atoms with E-state index in [4.69, 9.17) is 9.47 Å². The summed E-state index contributed by atoms with van der Waals surface area (Å²) >= 11 is 3.37. The maximum absolute atomic E-state index is 12.4. The molecular weight excluding hydrogens is 298 g/mol. The van der Waals surface area contributed by atoms with Gasteiger partial charge >= 0.3 is 0 Å². The first-order valence-electron chi connectivity index (χ1n) is 5.86.